The normalized spacial score (nSPS) is 14.2. The molecule has 0 aromatic carbocycles. The summed E-state index contributed by atoms with van der Waals surface area (Å²) in [6.45, 7) is 0.960. The van der Waals surface area contributed by atoms with Crippen LogP contribution in [0.25, 0.3) is 0 Å². The van der Waals surface area contributed by atoms with Gasteiger partial charge in [0.25, 0.3) is 0 Å². The number of rotatable bonds is 6. The maximum Gasteiger partial charge on any atom is 0.433 e. The lowest BCUT2D eigenvalue weighted by molar-refractivity contribution is -0.141. The van der Waals surface area contributed by atoms with Crippen LogP contribution in [0.5, 0.6) is 5.88 Å². The number of methoxy groups -OCH3 is 1. The zero-order valence-electron chi connectivity index (χ0n) is 12.3. The van der Waals surface area contributed by atoms with Crippen molar-refractivity contribution in [1.29, 1.82) is 0 Å². The number of pyridine rings is 1. The van der Waals surface area contributed by atoms with E-state index in [4.69, 9.17) is 4.74 Å². The number of nitrogens with zero attached hydrogens (tertiary/aromatic N) is 2. The van der Waals surface area contributed by atoms with E-state index in [-0.39, 0.29) is 24.5 Å². The molecule has 1 rings (SSSR count). The third kappa shape index (κ3) is 5.11. The van der Waals surface area contributed by atoms with Gasteiger partial charge in [0, 0.05) is 18.7 Å². The number of hydrogen-bond donors (Lipinski definition) is 1. The van der Waals surface area contributed by atoms with E-state index in [1.807, 2.05) is 0 Å². The van der Waals surface area contributed by atoms with Crippen molar-refractivity contribution in [2.75, 3.05) is 19.9 Å². The first-order valence-corrected chi connectivity index (χ1v) is 8.04. The Hall–Kier alpha value is -1.39. The Kier molecular flexibility index (Phi) is 5.76. The Balaban J connectivity index is 3.15. The molecule has 22 heavy (non-hydrogen) atoms. The highest BCUT2D eigenvalue weighted by atomic mass is 32.2. The largest absolute Gasteiger partial charge is 0.481 e. The number of aliphatic hydroxyl groups excluding tert-OH is 1. The van der Waals surface area contributed by atoms with Gasteiger partial charge in [0.1, 0.15) is 5.69 Å². The van der Waals surface area contributed by atoms with E-state index in [2.05, 4.69) is 4.98 Å². The van der Waals surface area contributed by atoms with Gasteiger partial charge in [0.15, 0.2) is 0 Å². The van der Waals surface area contributed by atoms with E-state index in [1.54, 1.807) is 0 Å². The predicted octanol–water partition coefficient (Wildman–Crippen LogP) is 1.25. The molecule has 1 aromatic rings. The number of hydrogen-bond acceptors (Lipinski definition) is 5. The summed E-state index contributed by atoms with van der Waals surface area (Å²) in [7, 11) is -2.51. The van der Waals surface area contributed by atoms with E-state index < -0.39 is 28.0 Å². The van der Waals surface area contributed by atoms with E-state index in [1.165, 1.54) is 6.92 Å². The van der Waals surface area contributed by atoms with Crippen LogP contribution in [0.15, 0.2) is 12.1 Å². The molecule has 0 fully saturated rings. The highest BCUT2D eigenvalue weighted by Gasteiger charge is 2.33. The molecule has 0 aliphatic rings. The van der Waals surface area contributed by atoms with Crippen LogP contribution in [-0.4, -0.2) is 48.8 Å². The van der Waals surface area contributed by atoms with Crippen molar-refractivity contribution in [2.24, 2.45) is 0 Å². The third-order valence-electron chi connectivity index (χ3n) is 2.71. The molecular formula is C12H17F3N2O4S. The second kappa shape index (κ2) is 6.80. The maximum atomic E-state index is 12.6. The fourth-order valence-corrected chi connectivity index (χ4v) is 2.59. The van der Waals surface area contributed by atoms with Crippen molar-refractivity contribution >= 4 is 10.0 Å². The van der Waals surface area contributed by atoms with Crippen LogP contribution in [0.1, 0.15) is 18.2 Å². The molecule has 0 bridgehead atoms. The van der Waals surface area contributed by atoms with Gasteiger partial charge in [0.05, 0.1) is 19.5 Å². The molecule has 0 aliphatic heterocycles. The van der Waals surface area contributed by atoms with Gasteiger partial charge in [-0.05, 0) is 13.0 Å². The summed E-state index contributed by atoms with van der Waals surface area (Å²) in [6, 6.07) is 1.86. The quantitative estimate of drug-likeness (QED) is 0.842. The first kappa shape index (κ1) is 18.7. The number of ether oxygens (including phenoxy) is 1. The molecule has 6 nitrogen and oxygen atoms in total. The Bertz CT molecular complexity index is 617. The topological polar surface area (TPSA) is 79.7 Å². The molecule has 1 heterocycles. The molecule has 10 heteroatoms. The summed E-state index contributed by atoms with van der Waals surface area (Å²) in [5.74, 6) is -0.311. The van der Waals surface area contributed by atoms with Crippen LogP contribution >= 0.6 is 0 Å². The minimum atomic E-state index is -4.62. The van der Waals surface area contributed by atoms with Crippen molar-refractivity contribution in [2.45, 2.75) is 25.7 Å². The molecule has 0 saturated heterocycles. The average Bonchev–Trinajstić information content (AvgIpc) is 2.35. The summed E-state index contributed by atoms with van der Waals surface area (Å²) in [5.41, 5.74) is -0.962. The Morgan fingerprint density at radius 1 is 1.41 bits per heavy atom. The smallest absolute Gasteiger partial charge is 0.433 e. The van der Waals surface area contributed by atoms with Gasteiger partial charge in [-0.25, -0.2) is 13.4 Å². The Morgan fingerprint density at radius 3 is 2.41 bits per heavy atom. The number of alkyl halides is 3. The fourth-order valence-electron chi connectivity index (χ4n) is 1.73. The van der Waals surface area contributed by atoms with Crippen molar-refractivity contribution < 1.29 is 31.4 Å². The molecule has 0 spiro atoms. The molecule has 0 amide bonds. The monoisotopic (exact) mass is 342 g/mol. The number of aliphatic hydroxyl groups is 1. The lowest BCUT2D eigenvalue weighted by Crippen LogP contribution is -2.35. The Labute approximate surface area is 126 Å². The standard InChI is InChI=1S/C12H17F3N2O4S/c1-8(18)6-17(22(3,19)20)7-9-4-5-10(12(13,14)15)16-11(9)21-2/h4-5,8,18H,6-7H2,1-3H3/t8-/m1/s1. The van der Waals surface area contributed by atoms with Crippen molar-refractivity contribution in [1.82, 2.24) is 9.29 Å². The van der Waals surface area contributed by atoms with E-state index in [0.29, 0.717) is 0 Å². The van der Waals surface area contributed by atoms with Crippen LogP contribution in [0, 0.1) is 0 Å². The minimum absolute atomic E-state index is 0.168. The third-order valence-corrected chi connectivity index (χ3v) is 3.92. The van der Waals surface area contributed by atoms with Gasteiger partial charge < -0.3 is 9.84 Å². The number of halogens is 3. The molecule has 126 valence electrons. The van der Waals surface area contributed by atoms with Gasteiger partial charge in [-0.15, -0.1) is 0 Å². The van der Waals surface area contributed by atoms with Crippen molar-refractivity contribution in [3.05, 3.63) is 23.4 Å². The van der Waals surface area contributed by atoms with Crippen molar-refractivity contribution in [3.8, 4) is 5.88 Å². The summed E-state index contributed by atoms with van der Waals surface area (Å²) in [4.78, 5) is 3.35. The molecule has 1 N–H and O–H groups in total. The zero-order chi connectivity index (χ0) is 17.1. The van der Waals surface area contributed by atoms with Gasteiger partial charge in [0.2, 0.25) is 15.9 Å². The Morgan fingerprint density at radius 2 is 2.00 bits per heavy atom. The molecule has 0 saturated carbocycles. The molecule has 1 aromatic heterocycles. The fraction of sp³-hybridized carbons (Fsp3) is 0.583. The van der Waals surface area contributed by atoms with Crippen molar-refractivity contribution in [3.63, 3.8) is 0 Å². The van der Waals surface area contributed by atoms with Gasteiger partial charge in [-0.2, -0.15) is 17.5 Å². The lowest BCUT2D eigenvalue weighted by Gasteiger charge is -2.22. The lowest BCUT2D eigenvalue weighted by atomic mass is 10.2. The second-order valence-electron chi connectivity index (χ2n) is 4.77. The van der Waals surface area contributed by atoms with E-state index >= 15 is 0 Å². The zero-order valence-corrected chi connectivity index (χ0v) is 13.1. The summed E-state index contributed by atoms with van der Waals surface area (Å²) < 4.78 is 66.9. The average molecular weight is 342 g/mol. The first-order valence-electron chi connectivity index (χ1n) is 6.19. The van der Waals surface area contributed by atoms with Gasteiger partial charge >= 0.3 is 6.18 Å². The van der Waals surface area contributed by atoms with E-state index in [0.717, 1.165) is 29.8 Å². The minimum Gasteiger partial charge on any atom is -0.481 e. The van der Waals surface area contributed by atoms with Crippen LogP contribution in [0.4, 0.5) is 13.2 Å². The highest BCUT2D eigenvalue weighted by Crippen LogP contribution is 2.30. The van der Waals surface area contributed by atoms with Crippen LogP contribution in [0.3, 0.4) is 0 Å². The first-order chi connectivity index (χ1) is 9.95. The molecule has 1 atom stereocenters. The summed E-state index contributed by atoms with van der Waals surface area (Å²) in [6.07, 6.45) is -4.61. The maximum absolute atomic E-state index is 12.6. The van der Waals surface area contributed by atoms with Crippen LogP contribution in [-0.2, 0) is 22.7 Å². The van der Waals surface area contributed by atoms with Crippen LogP contribution < -0.4 is 4.74 Å². The summed E-state index contributed by atoms with van der Waals surface area (Å²) in [5, 5.41) is 9.34. The van der Waals surface area contributed by atoms with E-state index in [9.17, 15) is 26.7 Å². The number of aromatic nitrogens is 1. The predicted molar refractivity (Wildman–Crippen MR) is 72.7 cm³/mol. The SMILES string of the molecule is COc1nc(C(F)(F)F)ccc1CN(C[C@@H](C)O)S(C)(=O)=O. The highest BCUT2D eigenvalue weighted by molar-refractivity contribution is 7.88. The molecular weight excluding hydrogens is 325 g/mol. The van der Waals surface area contributed by atoms with Gasteiger partial charge in [-0.1, -0.05) is 6.07 Å². The molecule has 0 radical (unpaired) electrons. The number of sulfonamides is 1. The summed E-state index contributed by atoms with van der Waals surface area (Å²) >= 11 is 0. The molecule has 0 unspecified atom stereocenters. The second-order valence-corrected chi connectivity index (χ2v) is 6.75. The molecule has 0 aliphatic carbocycles. The van der Waals surface area contributed by atoms with Crippen LogP contribution in [0.2, 0.25) is 0 Å². The van der Waals surface area contributed by atoms with Gasteiger partial charge in [-0.3, -0.25) is 0 Å².